The summed E-state index contributed by atoms with van der Waals surface area (Å²) < 4.78 is 5.36. The molecule has 1 aliphatic heterocycles. The highest BCUT2D eigenvalue weighted by Gasteiger charge is 2.21. The molecule has 1 atom stereocenters. The summed E-state index contributed by atoms with van der Waals surface area (Å²) in [6, 6.07) is 1.68. The van der Waals surface area contributed by atoms with E-state index >= 15 is 0 Å². The van der Waals surface area contributed by atoms with Crippen LogP contribution in [-0.2, 0) is 4.74 Å². The number of morpholine rings is 1. The van der Waals surface area contributed by atoms with Gasteiger partial charge in [0.05, 0.1) is 19.3 Å². The van der Waals surface area contributed by atoms with Crippen LogP contribution in [0.3, 0.4) is 0 Å². The van der Waals surface area contributed by atoms with E-state index in [2.05, 4.69) is 9.97 Å². The molecule has 17 heavy (non-hydrogen) atoms. The molecule has 6 nitrogen and oxygen atoms in total. The van der Waals surface area contributed by atoms with E-state index in [1.165, 1.54) is 0 Å². The van der Waals surface area contributed by atoms with E-state index in [9.17, 15) is 0 Å². The molecule has 1 saturated heterocycles. The highest BCUT2D eigenvalue weighted by atomic mass is 32.1. The van der Waals surface area contributed by atoms with Crippen LogP contribution in [0, 0.1) is 0 Å². The fourth-order valence-corrected chi connectivity index (χ4v) is 1.76. The van der Waals surface area contributed by atoms with Crippen LogP contribution in [0.1, 0.15) is 5.69 Å². The molecular formula is C10H14N4O2S. The standard InChI is InChI=1S/C10H14N4O2S/c11-9(17)8-1-2-12-10(13-8)14-3-4-16-7(5-14)6-15/h1-2,7,15H,3-6H2,(H2,11,17). The summed E-state index contributed by atoms with van der Waals surface area (Å²) in [5.74, 6) is 0.567. The Morgan fingerprint density at radius 1 is 1.71 bits per heavy atom. The molecule has 0 bridgehead atoms. The lowest BCUT2D eigenvalue weighted by atomic mass is 10.3. The van der Waals surface area contributed by atoms with E-state index < -0.39 is 0 Å². The van der Waals surface area contributed by atoms with Crippen LogP contribution in [0.15, 0.2) is 12.3 Å². The first-order chi connectivity index (χ1) is 8.20. The second-order valence-electron chi connectivity index (χ2n) is 3.73. The minimum absolute atomic E-state index is 0.00844. The first kappa shape index (κ1) is 12.2. The lowest BCUT2D eigenvalue weighted by molar-refractivity contribution is 0.00314. The molecule has 0 spiro atoms. The van der Waals surface area contributed by atoms with Crippen LogP contribution < -0.4 is 10.6 Å². The van der Waals surface area contributed by atoms with Crippen molar-refractivity contribution in [3.05, 3.63) is 18.0 Å². The van der Waals surface area contributed by atoms with Gasteiger partial charge >= 0.3 is 0 Å². The number of anilines is 1. The molecule has 7 heteroatoms. The van der Waals surface area contributed by atoms with Gasteiger partial charge in [-0.15, -0.1) is 0 Å². The van der Waals surface area contributed by atoms with Gasteiger partial charge < -0.3 is 20.5 Å². The molecule has 0 radical (unpaired) electrons. The van der Waals surface area contributed by atoms with E-state index in [1.807, 2.05) is 4.90 Å². The molecule has 1 aliphatic rings. The predicted octanol–water partition coefficient (Wildman–Crippen LogP) is -0.692. The Kier molecular flexibility index (Phi) is 3.82. The average molecular weight is 254 g/mol. The van der Waals surface area contributed by atoms with Crippen molar-refractivity contribution >= 4 is 23.2 Å². The highest BCUT2D eigenvalue weighted by Crippen LogP contribution is 2.12. The summed E-state index contributed by atoms with van der Waals surface area (Å²) in [5, 5.41) is 9.07. The van der Waals surface area contributed by atoms with Gasteiger partial charge in [-0.25, -0.2) is 9.97 Å². The van der Waals surface area contributed by atoms with Crippen LogP contribution >= 0.6 is 12.2 Å². The minimum atomic E-state index is -0.194. The number of aliphatic hydroxyl groups excluding tert-OH is 1. The summed E-state index contributed by atoms with van der Waals surface area (Å²) in [5.41, 5.74) is 6.08. The third-order valence-electron chi connectivity index (χ3n) is 2.52. The molecule has 1 aromatic heterocycles. The van der Waals surface area contributed by atoms with Crippen LogP contribution in [0.2, 0.25) is 0 Å². The lowest BCUT2D eigenvalue weighted by Crippen LogP contribution is -2.45. The Labute approximate surface area is 104 Å². The number of nitrogens with two attached hydrogens (primary N) is 1. The second-order valence-corrected chi connectivity index (χ2v) is 4.17. The number of hydrogen-bond donors (Lipinski definition) is 2. The van der Waals surface area contributed by atoms with Crippen molar-refractivity contribution in [3.63, 3.8) is 0 Å². The smallest absolute Gasteiger partial charge is 0.226 e. The monoisotopic (exact) mass is 254 g/mol. The third kappa shape index (κ3) is 2.87. The fraction of sp³-hybridized carbons (Fsp3) is 0.500. The van der Waals surface area contributed by atoms with Crippen molar-refractivity contribution in [2.24, 2.45) is 5.73 Å². The Morgan fingerprint density at radius 2 is 2.53 bits per heavy atom. The first-order valence-electron chi connectivity index (χ1n) is 5.31. The van der Waals surface area contributed by atoms with E-state index in [0.717, 1.165) is 0 Å². The quantitative estimate of drug-likeness (QED) is 0.690. The molecule has 2 rings (SSSR count). The molecule has 1 unspecified atom stereocenters. The predicted molar refractivity (Wildman–Crippen MR) is 67.0 cm³/mol. The van der Waals surface area contributed by atoms with Crippen molar-refractivity contribution in [2.45, 2.75) is 6.10 Å². The Balaban J connectivity index is 2.16. The zero-order chi connectivity index (χ0) is 12.3. The summed E-state index contributed by atoms with van der Waals surface area (Å²) in [6.07, 6.45) is 1.43. The lowest BCUT2D eigenvalue weighted by Gasteiger charge is -2.32. The first-order valence-corrected chi connectivity index (χ1v) is 5.72. The van der Waals surface area contributed by atoms with Crippen molar-refractivity contribution in [1.82, 2.24) is 9.97 Å². The van der Waals surface area contributed by atoms with Gasteiger partial charge in [0.1, 0.15) is 10.7 Å². The topological polar surface area (TPSA) is 84.5 Å². The van der Waals surface area contributed by atoms with Crippen LogP contribution in [0.25, 0.3) is 0 Å². The maximum Gasteiger partial charge on any atom is 0.226 e. The van der Waals surface area contributed by atoms with Gasteiger partial charge in [0.2, 0.25) is 5.95 Å². The number of thiocarbonyl (C=S) groups is 1. The van der Waals surface area contributed by atoms with E-state index in [0.29, 0.717) is 31.3 Å². The van der Waals surface area contributed by atoms with Gasteiger partial charge in [-0.2, -0.15) is 0 Å². The molecule has 0 saturated carbocycles. The van der Waals surface area contributed by atoms with Crippen molar-refractivity contribution < 1.29 is 9.84 Å². The fourth-order valence-electron chi connectivity index (χ4n) is 1.65. The Hall–Kier alpha value is -1.31. The Morgan fingerprint density at radius 3 is 3.24 bits per heavy atom. The number of hydrogen-bond acceptors (Lipinski definition) is 6. The molecule has 0 aromatic carbocycles. The molecule has 3 N–H and O–H groups in total. The third-order valence-corrected chi connectivity index (χ3v) is 2.73. The van der Waals surface area contributed by atoms with Crippen molar-refractivity contribution in [2.75, 3.05) is 31.2 Å². The normalized spacial score (nSPS) is 20.3. The summed E-state index contributed by atoms with van der Waals surface area (Å²) >= 11 is 4.87. The number of rotatable bonds is 3. The average Bonchev–Trinajstić information content (AvgIpc) is 2.39. The number of ether oxygens (including phenoxy) is 1. The van der Waals surface area contributed by atoms with Gasteiger partial charge in [0, 0.05) is 19.3 Å². The molecular weight excluding hydrogens is 240 g/mol. The second kappa shape index (κ2) is 5.35. The molecule has 0 aliphatic carbocycles. The SMILES string of the molecule is NC(=S)c1ccnc(N2CCOC(CO)C2)n1. The number of aromatic nitrogens is 2. The maximum atomic E-state index is 9.07. The highest BCUT2D eigenvalue weighted by molar-refractivity contribution is 7.80. The van der Waals surface area contributed by atoms with E-state index in [4.69, 9.17) is 27.8 Å². The van der Waals surface area contributed by atoms with Crippen LogP contribution in [0.4, 0.5) is 5.95 Å². The molecule has 2 heterocycles. The van der Waals surface area contributed by atoms with Crippen molar-refractivity contribution in [3.8, 4) is 0 Å². The van der Waals surface area contributed by atoms with Gasteiger partial charge in [0.25, 0.3) is 0 Å². The summed E-state index contributed by atoms with van der Waals surface area (Å²) in [4.78, 5) is 10.7. The van der Waals surface area contributed by atoms with Crippen LogP contribution in [-0.4, -0.2) is 52.5 Å². The largest absolute Gasteiger partial charge is 0.394 e. The van der Waals surface area contributed by atoms with E-state index in [-0.39, 0.29) is 17.7 Å². The molecule has 0 amide bonds. The molecule has 1 aromatic rings. The zero-order valence-corrected chi connectivity index (χ0v) is 10.1. The van der Waals surface area contributed by atoms with Gasteiger partial charge in [-0.3, -0.25) is 0 Å². The zero-order valence-electron chi connectivity index (χ0n) is 9.24. The number of nitrogens with zero attached hydrogens (tertiary/aromatic N) is 3. The molecule has 92 valence electrons. The molecule has 1 fully saturated rings. The van der Waals surface area contributed by atoms with Gasteiger partial charge in [0.15, 0.2) is 0 Å². The maximum absolute atomic E-state index is 9.07. The number of aliphatic hydroxyl groups is 1. The van der Waals surface area contributed by atoms with Gasteiger partial charge in [-0.1, -0.05) is 12.2 Å². The van der Waals surface area contributed by atoms with Crippen molar-refractivity contribution in [1.29, 1.82) is 0 Å². The van der Waals surface area contributed by atoms with Crippen LogP contribution in [0.5, 0.6) is 0 Å². The minimum Gasteiger partial charge on any atom is -0.394 e. The summed E-state index contributed by atoms with van der Waals surface area (Å²) in [6.45, 7) is 1.80. The summed E-state index contributed by atoms with van der Waals surface area (Å²) in [7, 11) is 0. The Bertz CT molecular complexity index is 415. The van der Waals surface area contributed by atoms with Gasteiger partial charge in [-0.05, 0) is 6.07 Å². The van der Waals surface area contributed by atoms with E-state index in [1.54, 1.807) is 12.3 Å².